The van der Waals surface area contributed by atoms with E-state index in [9.17, 15) is 4.79 Å². The first-order valence-electron chi connectivity index (χ1n) is 5.93. The van der Waals surface area contributed by atoms with E-state index in [1.165, 1.54) is 4.68 Å². The maximum atomic E-state index is 11.8. The largest absolute Gasteiger partial charge is 0.394 e. The lowest BCUT2D eigenvalue weighted by Crippen LogP contribution is -2.29. The lowest BCUT2D eigenvalue weighted by atomic mass is 10.1. The molecule has 18 heavy (non-hydrogen) atoms. The van der Waals surface area contributed by atoms with Crippen LogP contribution in [0, 0.1) is 0 Å². The van der Waals surface area contributed by atoms with Crippen molar-refractivity contribution in [3.8, 4) is 0 Å². The Morgan fingerprint density at radius 3 is 2.94 bits per heavy atom. The van der Waals surface area contributed by atoms with Gasteiger partial charge in [-0.05, 0) is 24.3 Å². The maximum Gasteiger partial charge on any atom is 0.287 e. The fourth-order valence-corrected chi connectivity index (χ4v) is 3.19. The molecule has 1 aromatic rings. The Hall–Kier alpha value is -0.720. The van der Waals surface area contributed by atoms with Gasteiger partial charge in [-0.25, -0.2) is 4.68 Å². The van der Waals surface area contributed by atoms with Crippen molar-refractivity contribution >= 4 is 29.1 Å². The molecule has 0 atom stereocenters. The van der Waals surface area contributed by atoms with E-state index in [1.54, 1.807) is 6.20 Å². The van der Waals surface area contributed by atoms with Gasteiger partial charge in [0.05, 0.1) is 25.0 Å². The van der Waals surface area contributed by atoms with E-state index in [4.69, 9.17) is 16.7 Å². The van der Waals surface area contributed by atoms with Gasteiger partial charge in [-0.15, -0.1) is 0 Å². The van der Waals surface area contributed by atoms with Crippen LogP contribution in [0.5, 0.6) is 0 Å². The molecule has 2 rings (SSSR count). The zero-order chi connectivity index (χ0) is 13.0. The third-order valence-corrected chi connectivity index (χ3v) is 4.29. The van der Waals surface area contributed by atoms with Crippen molar-refractivity contribution in [3.05, 3.63) is 21.6 Å². The highest BCUT2D eigenvalue weighted by molar-refractivity contribution is 7.99. The molecule has 7 heteroatoms. The molecule has 1 aliphatic heterocycles. The Labute approximate surface area is 115 Å². The van der Waals surface area contributed by atoms with Gasteiger partial charge in [-0.2, -0.15) is 16.9 Å². The topological polar surface area (TPSA) is 67.2 Å². The number of nitrogens with zero attached hydrogens (tertiary/aromatic N) is 2. The van der Waals surface area contributed by atoms with Gasteiger partial charge in [0.15, 0.2) is 0 Å². The molecule has 0 amide bonds. The van der Waals surface area contributed by atoms with E-state index in [2.05, 4.69) is 10.4 Å². The van der Waals surface area contributed by atoms with Crippen LogP contribution in [0.2, 0.25) is 5.02 Å². The Balaban J connectivity index is 2.13. The average Bonchev–Trinajstić information content (AvgIpc) is 2.40. The molecule has 1 saturated heterocycles. The van der Waals surface area contributed by atoms with Crippen LogP contribution in [0.4, 0.5) is 5.69 Å². The number of hydrogen-bond acceptors (Lipinski definition) is 5. The van der Waals surface area contributed by atoms with Crippen molar-refractivity contribution in [1.29, 1.82) is 0 Å². The molecule has 2 N–H and O–H groups in total. The number of thioether (sulfide) groups is 1. The summed E-state index contributed by atoms with van der Waals surface area (Å²) in [5.74, 6) is 2.26. The Kier molecular flexibility index (Phi) is 4.91. The molecule has 0 aliphatic carbocycles. The van der Waals surface area contributed by atoms with E-state index in [0.717, 1.165) is 24.3 Å². The number of rotatable bonds is 4. The van der Waals surface area contributed by atoms with Crippen LogP contribution in [0.3, 0.4) is 0 Å². The van der Waals surface area contributed by atoms with E-state index in [1.807, 2.05) is 11.8 Å². The van der Waals surface area contributed by atoms with Crippen molar-refractivity contribution < 1.29 is 5.11 Å². The molecule has 0 bridgehead atoms. The monoisotopic (exact) mass is 289 g/mol. The van der Waals surface area contributed by atoms with E-state index < -0.39 is 0 Å². The molecular formula is C11H16ClN3O2S. The van der Waals surface area contributed by atoms with Crippen molar-refractivity contribution in [3.63, 3.8) is 0 Å². The van der Waals surface area contributed by atoms with Crippen LogP contribution < -0.4 is 10.9 Å². The summed E-state index contributed by atoms with van der Waals surface area (Å²) in [6, 6.07) is 0.360. The number of aliphatic hydroxyl groups is 1. The van der Waals surface area contributed by atoms with Crippen LogP contribution in [0.15, 0.2) is 11.0 Å². The molecule has 0 unspecified atom stereocenters. The SMILES string of the molecule is O=c1c(Cl)c(NC2CCSCC2)cnn1CCO. The van der Waals surface area contributed by atoms with E-state index in [0.29, 0.717) is 11.7 Å². The molecular weight excluding hydrogens is 274 g/mol. The second-order valence-electron chi connectivity index (χ2n) is 4.16. The predicted molar refractivity (Wildman–Crippen MR) is 74.6 cm³/mol. The van der Waals surface area contributed by atoms with Crippen molar-refractivity contribution in [2.24, 2.45) is 0 Å². The van der Waals surface area contributed by atoms with Gasteiger partial charge in [-0.1, -0.05) is 11.6 Å². The van der Waals surface area contributed by atoms with Gasteiger partial charge in [0, 0.05) is 6.04 Å². The molecule has 1 fully saturated rings. The smallest absolute Gasteiger partial charge is 0.287 e. The quantitative estimate of drug-likeness (QED) is 0.872. The number of nitrogens with one attached hydrogen (secondary N) is 1. The van der Waals surface area contributed by atoms with Crippen LogP contribution in [-0.4, -0.2) is 39.0 Å². The summed E-state index contributed by atoms with van der Waals surface area (Å²) in [6.07, 6.45) is 3.70. The maximum absolute atomic E-state index is 11.8. The first-order chi connectivity index (χ1) is 8.72. The average molecular weight is 290 g/mol. The van der Waals surface area contributed by atoms with Crippen LogP contribution in [-0.2, 0) is 6.54 Å². The normalized spacial score (nSPS) is 16.8. The number of aromatic nitrogens is 2. The summed E-state index contributed by atoms with van der Waals surface area (Å²) in [4.78, 5) is 11.8. The molecule has 1 aliphatic rings. The Morgan fingerprint density at radius 2 is 2.28 bits per heavy atom. The van der Waals surface area contributed by atoms with Crippen molar-refractivity contribution in [1.82, 2.24) is 9.78 Å². The van der Waals surface area contributed by atoms with E-state index in [-0.39, 0.29) is 23.7 Å². The van der Waals surface area contributed by atoms with E-state index >= 15 is 0 Å². The lowest BCUT2D eigenvalue weighted by Gasteiger charge is -2.23. The minimum absolute atomic E-state index is 0.129. The van der Waals surface area contributed by atoms with Gasteiger partial charge in [0.1, 0.15) is 5.02 Å². The summed E-state index contributed by atoms with van der Waals surface area (Å²) in [6.45, 7) is 0.0365. The first kappa shape index (κ1) is 13.7. The van der Waals surface area contributed by atoms with Crippen LogP contribution in [0.1, 0.15) is 12.8 Å². The molecule has 0 aromatic carbocycles. The lowest BCUT2D eigenvalue weighted by molar-refractivity contribution is 0.266. The first-order valence-corrected chi connectivity index (χ1v) is 7.46. The Morgan fingerprint density at radius 1 is 1.56 bits per heavy atom. The number of hydrogen-bond donors (Lipinski definition) is 2. The minimum Gasteiger partial charge on any atom is -0.394 e. The molecule has 0 radical (unpaired) electrons. The minimum atomic E-state index is -0.360. The van der Waals surface area contributed by atoms with Crippen molar-refractivity contribution in [2.75, 3.05) is 23.4 Å². The van der Waals surface area contributed by atoms with Crippen LogP contribution >= 0.6 is 23.4 Å². The van der Waals surface area contributed by atoms with Gasteiger partial charge in [0.2, 0.25) is 0 Å². The molecule has 0 saturated carbocycles. The second kappa shape index (κ2) is 6.45. The predicted octanol–water partition coefficient (Wildman–Crippen LogP) is 1.20. The highest BCUT2D eigenvalue weighted by Gasteiger charge is 2.16. The van der Waals surface area contributed by atoms with Gasteiger partial charge >= 0.3 is 0 Å². The zero-order valence-electron chi connectivity index (χ0n) is 9.93. The highest BCUT2D eigenvalue weighted by Crippen LogP contribution is 2.23. The third kappa shape index (κ3) is 3.18. The second-order valence-corrected chi connectivity index (χ2v) is 5.76. The third-order valence-electron chi connectivity index (χ3n) is 2.88. The molecule has 100 valence electrons. The van der Waals surface area contributed by atoms with Crippen molar-refractivity contribution in [2.45, 2.75) is 25.4 Å². The fourth-order valence-electron chi connectivity index (χ4n) is 1.88. The summed E-state index contributed by atoms with van der Waals surface area (Å²) >= 11 is 7.97. The molecule has 5 nitrogen and oxygen atoms in total. The number of aliphatic hydroxyl groups excluding tert-OH is 1. The molecule has 1 aromatic heterocycles. The molecule has 0 spiro atoms. The molecule has 2 heterocycles. The highest BCUT2D eigenvalue weighted by atomic mass is 35.5. The summed E-state index contributed by atoms with van der Waals surface area (Å²) in [5.41, 5.74) is 0.230. The van der Waals surface area contributed by atoms with Gasteiger partial charge in [0.25, 0.3) is 5.56 Å². The fraction of sp³-hybridized carbons (Fsp3) is 0.636. The Bertz CT molecular complexity index is 460. The van der Waals surface area contributed by atoms with Gasteiger partial charge in [-0.3, -0.25) is 4.79 Å². The number of anilines is 1. The number of halogens is 1. The summed E-state index contributed by atoms with van der Waals surface area (Å²) in [5, 5.41) is 16.2. The van der Waals surface area contributed by atoms with Crippen LogP contribution in [0.25, 0.3) is 0 Å². The summed E-state index contributed by atoms with van der Waals surface area (Å²) in [7, 11) is 0. The van der Waals surface area contributed by atoms with Gasteiger partial charge < -0.3 is 10.4 Å². The standard InChI is InChI=1S/C11H16ClN3O2S/c12-10-9(14-8-1-5-18-6-2-8)7-13-15(3-4-16)11(10)17/h7-8,14,16H,1-6H2. The zero-order valence-corrected chi connectivity index (χ0v) is 11.5. The summed E-state index contributed by atoms with van der Waals surface area (Å²) < 4.78 is 1.17.